The van der Waals surface area contributed by atoms with E-state index in [1.165, 1.54) is 16.8 Å². The lowest BCUT2D eigenvalue weighted by atomic mass is 10.0. The van der Waals surface area contributed by atoms with Crippen molar-refractivity contribution in [1.82, 2.24) is 25.2 Å². The average molecular weight is 421 g/mol. The molecular weight excluding hydrogens is 397 g/mol. The van der Waals surface area contributed by atoms with E-state index < -0.39 is 0 Å². The number of rotatable bonds is 4. The number of hydrogen-bond donors (Lipinski definition) is 1. The number of hydrogen-bond acceptors (Lipinski definition) is 4. The molecule has 1 saturated heterocycles. The summed E-state index contributed by atoms with van der Waals surface area (Å²) in [5.41, 5.74) is 3.75. The van der Waals surface area contributed by atoms with Gasteiger partial charge in [0, 0.05) is 24.7 Å². The number of carbonyl (C=O) groups is 2. The van der Waals surface area contributed by atoms with E-state index in [1.54, 1.807) is 23.2 Å². The average Bonchev–Trinajstić information content (AvgIpc) is 3.26. The Labute approximate surface area is 179 Å². The summed E-state index contributed by atoms with van der Waals surface area (Å²) in [6.07, 6.45) is 2.89. The third kappa shape index (κ3) is 4.63. The van der Waals surface area contributed by atoms with Gasteiger partial charge in [0.05, 0.1) is 11.9 Å². The van der Waals surface area contributed by atoms with E-state index in [0.29, 0.717) is 37.2 Å². The van der Waals surface area contributed by atoms with Crippen molar-refractivity contribution in [2.75, 3.05) is 13.1 Å². The van der Waals surface area contributed by atoms with Crippen molar-refractivity contribution in [3.63, 3.8) is 0 Å². The van der Waals surface area contributed by atoms with Crippen LogP contribution in [0.25, 0.3) is 5.69 Å². The van der Waals surface area contributed by atoms with Crippen LogP contribution >= 0.6 is 0 Å². The second-order valence-electron chi connectivity index (χ2n) is 7.86. The molecule has 0 spiro atoms. The van der Waals surface area contributed by atoms with Crippen LogP contribution in [0.5, 0.6) is 0 Å². The minimum absolute atomic E-state index is 0.0213. The first-order chi connectivity index (χ1) is 14.9. The van der Waals surface area contributed by atoms with Gasteiger partial charge in [-0.2, -0.15) is 0 Å². The molecule has 8 heteroatoms. The van der Waals surface area contributed by atoms with Gasteiger partial charge in [0.25, 0.3) is 11.8 Å². The van der Waals surface area contributed by atoms with Gasteiger partial charge in [0.1, 0.15) is 5.82 Å². The number of piperidine rings is 1. The Morgan fingerprint density at radius 3 is 2.42 bits per heavy atom. The van der Waals surface area contributed by atoms with Gasteiger partial charge in [0.2, 0.25) is 0 Å². The summed E-state index contributed by atoms with van der Waals surface area (Å²) in [6, 6.07) is 11.5. The second kappa shape index (κ2) is 8.67. The molecule has 0 unspecified atom stereocenters. The van der Waals surface area contributed by atoms with Crippen LogP contribution in [0.2, 0.25) is 0 Å². The number of aromatic nitrogens is 3. The van der Waals surface area contributed by atoms with Crippen molar-refractivity contribution >= 4 is 11.8 Å². The number of halogens is 1. The molecule has 1 aromatic heterocycles. The summed E-state index contributed by atoms with van der Waals surface area (Å²) in [5.74, 6) is -0.630. The molecule has 2 amide bonds. The van der Waals surface area contributed by atoms with Crippen LogP contribution < -0.4 is 5.32 Å². The van der Waals surface area contributed by atoms with Gasteiger partial charge >= 0.3 is 0 Å². The highest BCUT2D eigenvalue weighted by Crippen LogP contribution is 2.16. The highest BCUT2D eigenvalue weighted by molar-refractivity contribution is 5.95. The number of aryl methyl sites for hydroxylation is 2. The Hall–Kier alpha value is -3.55. The van der Waals surface area contributed by atoms with Crippen molar-refractivity contribution in [1.29, 1.82) is 0 Å². The number of likely N-dealkylation sites (tertiary alicyclic amines) is 1. The van der Waals surface area contributed by atoms with Crippen molar-refractivity contribution in [2.24, 2.45) is 0 Å². The van der Waals surface area contributed by atoms with E-state index in [1.807, 2.05) is 32.0 Å². The fourth-order valence-corrected chi connectivity index (χ4v) is 3.62. The number of amides is 2. The van der Waals surface area contributed by atoms with Gasteiger partial charge in [-0.25, -0.2) is 9.07 Å². The Kier molecular flexibility index (Phi) is 5.79. The predicted molar refractivity (Wildman–Crippen MR) is 114 cm³/mol. The highest BCUT2D eigenvalue weighted by Gasteiger charge is 2.26. The smallest absolute Gasteiger partial charge is 0.276 e. The Morgan fingerprint density at radius 2 is 1.74 bits per heavy atom. The molecule has 1 aliphatic heterocycles. The van der Waals surface area contributed by atoms with Gasteiger partial charge in [-0.1, -0.05) is 11.3 Å². The number of carbonyl (C=O) groups excluding carboxylic acids is 2. The third-order valence-electron chi connectivity index (χ3n) is 5.69. The van der Waals surface area contributed by atoms with Crippen LogP contribution in [0.15, 0.2) is 48.7 Å². The number of nitrogens with one attached hydrogen (secondary N) is 1. The molecule has 0 saturated carbocycles. The maximum Gasteiger partial charge on any atom is 0.276 e. The predicted octanol–water partition coefficient (Wildman–Crippen LogP) is 3.06. The first-order valence-corrected chi connectivity index (χ1v) is 10.3. The minimum Gasteiger partial charge on any atom is -0.349 e. The molecule has 0 atom stereocenters. The lowest BCUT2D eigenvalue weighted by Crippen LogP contribution is -2.46. The molecule has 0 aliphatic carbocycles. The number of nitrogens with zero attached hydrogens (tertiary/aromatic N) is 4. The highest BCUT2D eigenvalue weighted by atomic mass is 19.1. The summed E-state index contributed by atoms with van der Waals surface area (Å²) in [6.45, 7) is 5.06. The van der Waals surface area contributed by atoms with Gasteiger partial charge in [-0.05, 0) is 74.2 Å². The van der Waals surface area contributed by atoms with E-state index in [9.17, 15) is 14.0 Å². The SMILES string of the molecule is Cc1ccc(C(=O)NC2CCN(C(=O)c3cn(-c4ccc(F)cc4)nn3)CC2)cc1C. The van der Waals surface area contributed by atoms with Crippen molar-refractivity contribution in [3.05, 3.63) is 76.9 Å². The maximum absolute atomic E-state index is 13.1. The molecule has 1 N–H and O–H groups in total. The Morgan fingerprint density at radius 1 is 1.03 bits per heavy atom. The van der Waals surface area contributed by atoms with E-state index in [2.05, 4.69) is 15.6 Å². The van der Waals surface area contributed by atoms with E-state index in [4.69, 9.17) is 0 Å². The van der Waals surface area contributed by atoms with E-state index in [0.717, 1.165) is 11.1 Å². The van der Waals surface area contributed by atoms with Crippen molar-refractivity contribution in [3.8, 4) is 5.69 Å². The lowest BCUT2D eigenvalue weighted by Gasteiger charge is -2.32. The monoisotopic (exact) mass is 421 g/mol. The summed E-state index contributed by atoms with van der Waals surface area (Å²) in [5, 5.41) is 11.0. The van der Waals surface area contributed by atoms with Gasteiger partial charge < -0.3 is 10.2 Å². The van der Waals surface area contributed by atoms with Crippen LogP contribution in [0.1, 0.15) is 44.8 Å². The fourth-order valence-electron chi connectivity index (χ4n) is 3.62. The number of benzene rings is 2. The van der Waals surface area contributed by atoms with Crippen LogP contribution in [-0.4, -0.2) is 50.8 Å². The summed E-state index contributed by atoms with van der Waals surface area (Å²) >= 11 is 0. The maximum atomic E-state index is 13.1. The molecule has 2 aromatic carbocycles. The molecular formula is C23H24FN5O2. The molecule has 4 rings (SSSR count). The van der Waals surface area contributed by atoms with Crippen molar-refractivity contribution in [2.45, 2.75) is 32.7 Å². The molecule has 0 bridgehead atoms. The van der Waals surface area contributed by atoms with Gasteiger partial charge in [0.15, 0.2) is 5.69 Å². The minimum atomic E-state index is -0.340. The first kappa shape index (κ1) is 20.7. The molecule has 160 valence electrons. The zero-order chi connectivity index (χ0) is 22.0. The fraction of sp³-hybridized carbons (Fsp3) is 0.304. The first-order valence-electron chi connectivity index (χ1n) is 10.3. The topological polar surface area (TPSA) is 80.1 Å². The van der Waals surface area contributed by atoms with Crippen molar-refractivity contribution < 1.29 is 14.0 Å². The van der Waals surface area contributed by atoms with Crippen LogP contribution in [-0.2, 0) is 0 Å². The molecule has 0 radical (unpaired) electrons. The quantitative estimate of drug-likeness (QED) is 0.702. The van der Waals surface area contributed by atoms with E-state index >= 15 is 0 Å². The van der Waals surface area contributed by atoms with Crippen LogP contribution in [0.4, 0.5) is 4.39 Å². The van der Waals surface area contributed by atoms with E-state index in [-0.39, 0.29) is 29.4 Å². The standard InChI is InChI=1S/C23H24FN5O2/c1-15-3-4-17(13-16(15)2)22(30)25-19-9-11-28(12-10-19)23(31)21-14-29(27-26-21)20-7-5-18(24)6-8-20/h3-8,13-14,19H,9-12H2,1-2H3,(H,25,30). The molecule has 2 heterocycles. The Bertz CT molecular complexity index is 1100. The summed E-state index contributed by atoms with van der Waals surface area (Å²) in [7, 11) is 0. The van der Waals surface area contributed by atoms with Crippen LogP contribution in [0, 0.1) is 19.7 Å². The Balaban J connectivity index is 1.33. The van der Waals surface area contributed by atoms with Crippen LogP contribution in [0.3, 0.4) is 0 Å². The third-order valence-corrected chi connectivity index (χ3v) is 5.69. The normalized spacial score (nSPS) is 14.5. The molecule has 1 fully saturated rings. The molecule has 31 heavy (non-hydrogen) atoms. The summed E-state index contributed by atoms with van der Waals surface area (Å²) in [4.78, 5) is 27.0. The zero-order valence-corrected chi connectivity index (χ0v) is 17.5. The molecule has 3 aromatic rings. The second-order valence-corrected chi connectivity index (χ2v) is 7.86. The van der Waals surface area contributed by atoms with Gasteiger partial charge in [-0.3, -0.25) is 9.59 Å². The molecule has 1 aliphatic rings. The van der Waals surface area contributed by atoms with Gasteiger partial charge in [-0.15, -0.1) is 5.10 Å². The largest absolute Gasteiger partial charge is 0.349 e. The summed E-state index contributed by atoms with van der Waals surface area (Å²) < 4.78 is 14.5. The zero-order valence-electron chi connectivity index (χ0n) is 17.5. The lowest BCUT2D eigenvalue weighted by molar-refractivity contribution is 0.0692. The molecule has 7 nitrogen and oxygen atoms in total.